The van der Waals surface area contributed by atoms with Crippen LogP contribution in [0.25, 0.3) is 0 Å². The summed E-state index contributed by atoms with van der Waals surface area (Å²) < 4.78 is 0. The SMILES string of the molecule is CC(C)CCCN1CCN(C(=O)CC(C)C)CC1. The Morgan fingerprint density at radius 3 is 2.11 bits per heavy atom. The van der Waals surface area contributed by atoms with Crippen molar-refractivity contribution in [1.29, 1.82) is 0 Å². The van der Waals surface area contributed by atoms with Crippen LogP contribution >= 0.6 is 0 Å². The highest BCUT2D eigenvalue weighted by atomic mass is 16.2. The van der Waals surface area contributed by atoms with Crippen LogP contribution in [0.3, 0.4) is 0 Å². The first-order valence-electron chi connectivity index (χ1n) is 7.49. The van der Waals surface area contributed by atoms with Crippen LogP contribution in [0.4, 0.5) is 0 Å². The minimum absolute atomic E-state index is 0.340. The zero-order valence-corrected chi connectivity index (χ0v) is 12.6. The van der Waals surface area contributed by atoms with Gasteiger partial charge in [0.15, 0.2) is 0 Å². The van der Waals surface area contributed by atoms with Crippen molar-refractivity contribution in [3.8, 4) is 0 Å². The first-order chi connectivity index (χ1) is 8.49. The summed E-state index contributed by atoms with van der Waals surface area (Å²) in [6.07, 6.45) is 3.30. The number of piperazine rings is 1. The van der Waals surface area contributed by atoms with Crippen LogP contribution in [-0.4, -0.2) is 48.4 Å². The van der Waals surface area contributed by atoms with E-state index >= 15 is 0 Å². The molecule has 106 valence electrons. The summed E-state index contributed by atoms with van der Waals surface area (Å²) in [7, 11) is 0. The second-order valence-electron chi connectivity index (χ2n) is 6.36. The van der Waals surface area contributed by atoms with E-state index in [0.717, 1.165) is 32.1 Å². The van der Waals surface area contributed by atoms with E-state index in [-0.39, 0.29) is 0 Å². The Kier molecular flexibility index (Phi) is 6.69. The normalized spacial score (nSPS) is 17.8. The third-order valence-electron chi connectivity index (χ3n) is 3.56. The van der Waals surface area contributed by atoms with Gasteiger partial charge < -0.3 is 4.90 Å². The molecule has 0 unspecified atom stereocenters. The average molecular weight is 254 g/mol. The van der Waals surface area contributed by atoms with Gasteiger partial charge in [0.05, 0.1) is 0 Å². The van der Waals surface area contributed by atoms with Crippen LogP contribution in [-0.2, 0) is 4.79 Å². The lowest BCUT2D eigenvalue weighted by atomic mass is 10.1. The molecule has 0 saturated carbocycles. The molecule has 1 aliphatic heterocycles. The van der Waals surface area contributed by atoms with E-state index < -0.39 is 0 Å². The third kappa shape index (κ3) is 5.85. The summed E-state index contributed by atoms with van der Waals surface area (Å²) in [4.78, 5) is 16.5. The molecule has 3 heteroatoms. The van der Waals surface area contributed by atoms with Crippen LogP contribution in [0.15, 0.2) is 0 Å². The number of hydrogen-bond donors (Lipinski definition) is 0. The Labute approximate surface area is 113 Å². The molecule has 3 nitrogen and oxygen atoms in total. The Morgan fingerprint density at radius 1 is 1.00 bits per heavy atom. The number of nitrogens with zero attached hydrogens (tertiary/aromatic N) is 2. The van der Waals surface area contributed by atoms with Crippen molar-refractivity contribution in [3.63, 3.8) is 0 Å². The van der Waals surface area contributed by atoms with Crippen molar-refractivity contribution in [2.24, 2.45) is 11.8 Å². The van der Waals surface area contributed by atoms with Crippen LogP contribution in [0.5, 0.6) is 0 Å². The van der Waals surface area contributed by atoms with Crippen LogP contribution in [0.2, 0.25) is 0 Å². The lowest BCUT2D eigenvalue weighted by Crippen LogP contribution is -2.49. The van der Waals surface area contributed by atoms with Gasteiger partial charge in [-0.05, 0) is 31.2 Å². The van der Waals surface area contributed by atoms with Crippen LogP contribution in [0, 0.1) is 11.8 Å². The van der Waals surface area contributed by atoms with Gasteiger partial charge in [-0.1, -0.05) is 27.7 Å². The molecular weight excluding hydrogens is 224 g/mol. The van der Waals surface area contributed by atoms with Crippen molar-refractivity contribution in [2.45, 2.75) is 47.0 Å². The summed E-state index contributed by atoms with van der Waals surface area (Å²) in [5.74, 6) is 1.62. The number of carbonyl (C=O) groups is 1. The quantitative estimate of drug-likeness (QED) is 0.727. The molecule has 0 radical (unpaired) electrons. The molecule has 0 N–H and O–H groups in total. The summed E-state index contributed by atoms with van der Waals surface area (Å²) in [5, 5.41) is 0. The standard InChI is InChI=1S/C15H30N2O/c1-13(2)6-5-7-16-8-10-17(11-9-16)15(18)12-14(3)4/h13-14H,5-12H2,1-4H3. The Hall–Kier alpha value is -0.570. The topological polar surface area (TPSA) is 23.6 Å². The predicted octanol–water partition coefficient (Wildman–Crippen LogP) is 2.61. The summed E-state index contributed by atoms with van der Waals surface area (Å²) in [5.41, 5.74) is 0. The highest BCUT2D eigenvalue weighted by molar-refractivity contribution is 5.76. The minimum atomic E-state index is 0.340. The predicted molar refractivity (Wildman–Crippen MR) is 76.5 cm³/mol. The highest BCUT2D eigenvalue weighted by Gasteiger charge is 2.20. The first-order valence-corrected chi connectivity index (χ1v) is 7.49. The fourth-order valence-corrected chi connectivity index (χ4v) is 2.42. The van der Waals surface area contributed by atoms with E-state index in [2.05, 4.69) is 32.6 Å². The largest absolute Gasteiger partial charge is 0.340 e. The van der Waals surface area contributed by atoms with Crippen LogP contribution < -0.4 is 0 Å². The summed E-state index contributed by atoms with van der Waals surface area (Å²) in [6, 6.07) is 0. The van der Waals surface area contributed by atoms with Gasteiger partial charge in [0.2, 0.25) is 5.91 Å². The van der Waals surface area contributed by atoms with E-state index in [4.69, 9.17) is 0 Å². The molecule has 1 fully saturated rings. The van der Waals surface area contributed by atoms with Crippen molar-refractivity contribution in [2.75, 3.05) is 32.7 Å². The third-order valence-corrected chi connectivity index (χ3v) is 3.56. The average Bonchev–Trinajstić information content (AvgIpc) is 2.28. The smallest absolute Gasteiger partial charge is 0.222 e. The molecule has 0 aromatic heterocycles. The molecule has 18 heavy (non-hydrogen) atoms. The zero-order chi connectivity index (χ0) is 13.5. The van der Waals surface area contributed by atoms with Gasteiger partial charge in [-0.3, -0.25) is 9.69 Å². The van der Waals surface area contributed by atoms with Gasteiger partial charge in [-0.15, -0.1) is 0 Å². The van der Waals surface area contributed by atoms with E-state index in [0.29, 0.717) is 18.2 Å². The molecule has 0 bridgehead atoms. The second-order valence-corrected chi connectivity index (χ2v) is 6.36. The minimum Gasteiger partial charge on any atom is -0.340 e. The molecular formula is C15H30N2O. The fourth-order valence-electron chi connectivity index (χ4n) is 2.42. The van der Waals surface area contributed by atoms with Crippen LogP contribution in [0.1, 0.15) is 47.0 Å². The van der Waals surface area contributed by atoms with Crippen molar-refractivity contribution in [1.82, 2.24) is 9.80 Å². The molecule has 1 aliphatic rings. The first kappa shape index (κ1) is 15.5. The Balaban J connectivity index is 2.18. The van der Waals surface area contributed by atoms with Crippen molar-refractivity contribution >= 4 is 5.91 Å². The van der Waals surface area contributed by atoms with Gasteiger partial charge in [-0.25, -0.2) is 0 Å². The number of rotatable bonds is 6. The monoisotopic (exact) mass is 254 g/mol. The lowest BCUT2D eigenvalue weighted by molar-refractivity contribution is -0.133. The molecule has 0 aromatic rings. The fraction of sp³-hybridized carbons (Fsp3) is 0.933. The van der Waals surface area contributed by atoms with Gasteiger partial charge in [0, 0.05) is 32.6 Å². The molecule has 0 atom stereocenters. The van der Waals surface area contributed by atoms with E-state index in [1.54, 1.807) is 0 Å². The zero-order valence-electron chi connectivity index (χ0n) is 12.6. The molecule has 0 aromatic carbocycles. The molecule has 1 amide bonds. The van der Waals surface area contributed by atoms with Gasteiger partial charge >= 0.3 is 0 Å². The van der Waals surface area contributed by atoms with E-state index in [1.807, 2.05) is 4.90 Å². The highest BCUT2D eigenvalue weighted by Crippen LogP contribution is 2.10. The van der Waals surface area contributed by atoms with Gasteiger partial charge in [0.1, 0.15) is 0 Å². The number of amides is 1. The molecule has 1 rings (SSSR count). The van der Waals surface area contributed by atoms with Gasteiger partial charge in [-0.2, -0.15) is 0 Å². The van der Waals surface area contributed by atoms with E-state index in [1.165, 1.54) is 19.4 Å². The maximum atomic E-state index is 11.9. The van der Waals surface area contributed by atoms with Crippen molar-refractivity contribution in [3.05, 3.63) is 0 Å². The molecule has 1 saturated heterocycles. The maximum Gasteiger partial charge on any atom is 0.222 e. The second kappa shape index (κ2) is 7.78. The molecule has 1 heterocycles. The van der Waals surface area contributed by atoms with Gasteiger partial charge in [0.25, 0.3) is 0 Å². The van der Waals surface area contributed by atoms with E-state index in [9.17, 15) is 4.79 Å². The number of hydrogen-bond acceptors (Lipinski definition) is 2. The summed E-state index contributed by atoms with van der Waals surface area (Å²) >= 11 is 0. The maximum absolute atomic E-state index is 11.9. The lowest BCUT2D eigenvalue weighted by Gasteiger charge is -2.35. The summed E-state index contributed by atoms with van der Waals surface area (Å²) in [6.45, 7) is 13.9. The molecule has 0 aliphatic carbocycles. The Morgan fingerprint density at radius 2 is 1.61 bits per heavy atom. The molecule has 0 spiro atoms. The number of carbonyl (C=O) groups excluding carboxylic acids is 1. The Bertz CT molecular complexity index is 243. The van der Waals surface area contributed by atoms with Crippen molar-refractivity contribution < 1.29 is 4.79 Å².